The van der Waals surface area contributed by atoms with E-state index < -0.39 is 11.8 Å². The molecule has 1 aromatic heterocycles. The van der Waals surface area contributed by atoms with E-state index in [1.54, 1.807) is 13.8 Å². The average molecular weight is 462 g/mol. The number of nitrogens with two attached hydrogens (primary N) is 1. The van der Waals surface area contributed by atoms with Crippen LogP contribution in [0.3, 0.4) is 0 Å². The molecular formula is C19H19Cl3N2O3S. The quantitative estimate of drug-likeness (QED) is 0.632. The lowest BCUT2D eigenvalue weighted by atomic mass is 9.95. The van der Waals surface area contributed by atoms with Crippen LogP contribution in [0.15, 0.2) is 0 Å². The van der Waals surface area contributed by atoms with E-state index in [0.717, 1.165) is 36.1 Å². The molecule has 0 unspecified atom stereocenters. The number of primary amides is 1. The predicted molar refractivity (Wildman–Crippen MR) is 115 cm³/mol. The molecule has 150 valence electrons. The number of halogens is 3. The number of rotatable bonds is 5. The number of amides is 2. The van der Waals surface area contributed by atoms with E-state index in [-0.39, 0.29) is 22.4 Å². The highest BCUT2D eigenvalue weighted by Gasteiger charge is 2.25. The number of anilines is 1. The van der Waals surface area contributed by atoms with Crippen LogP contribution in [-0.4, -0.2) is 18.4 Å². The molecule has 0 atom stereocenters. The summed E-state index contributed by atoms with van der Waals surface area (Å²) in [7, 11) is 0. The first kappa shape index (κ1) is 21.2. The van der Waals surface area contributed by atoms with Crippen molar-refractivity contribution in [3.8, 4) is 5.75 Å². The van der Waals surface area contributed by atoms with Crippen molar-refractivity contribution in [3.63, 3.8) is 0 Å². The number of aryl methyl sites for hydroxylation is 1. The molecule has 3 N–H and O–H groups in total. The Morgan fingerprint density at radius 2 is 1.68 bits per heavy atom. The number of nitrogens with one attached hydrogen (secondary N) is 1. The van der Waals surface area contributed by atoms with Crippen molar-refractivity contribution >= 4 is 63.0 Å². The van der Waals surface area contributed by atoms with Gasteiger partial charge in [0.2, 0.25) is 0 Å². The molecule has 0 aliphatic heterocycles. The van der Waals surface area contributed by atoms with Gasteiger partial charge in [-0.1, -0.05) is 34.8 Å². The standard InChI is InChI=1S/C19H19Cl3N2O3S/c1-8-14(20)9(2)16(22)17(15(8)21)27-7-12(25)24-19-13(18(23)26)10-5-3-4-6-11(10)28-19/h3-7H2,1-2H3,(H2,23,26)(H,24,25). The van der Waals surface area contributed by atoms with E-state index in [2.05, 4.69) is 5.32 Å². The molecule has 1 aliphatic rings. The van der Waals surface area contributed by atoms with Gasteiger partial charge in [-0.2, -0.15) is 0 Å². The van der Waals surface area contributed by atoms with Crippen molar-refractivity contribution in [2.45, 2.75) is 39.5 Å². The molecule has 0 spiro atoms. The van der Waals surface area contributed by atoms with E-state index in [0.29, 0.717) is 26.7 Å². The van der Waals surface area contributed by atoms with Crippen molar-refractivity contribution in [3.05, 3.63) is 42.2 Å². The molecule has 5 nitrogen and oxygen atoms in total. The molecule has 1 aromatic carbocycles. The zero-order chi connectivity index (χ0) is 20.6. The van der Waals surface area contributed by atoms with Crippen LogP contribution >= 0.6 is 46.1 Å². The Bertz CT molecular complexity index is 943. The van der Waals surface area contributed by atoms with Gasteiger partial charge in [0.05, 0.1) is 15.6 Å². The lowest BCUT2D eigenvalue weighted by Crippen LogP contribution is -2.22. The largest absolute Gasteiger partial charge is 0.481 e. The first-order chi connectivity index (χ1) is 13.2. The Hall–Kier alpha value is -1.47. The highest BCUT2D eigenvalue weighted by molar-refractivity contribution is 7.17. The first-order valence-corrected chi connectivity index (χ1v) is 10.7. The van der Waals surface area contributed by atoms with Crippen LogP contribution in [0.25, 0.3) is 0 Å². The van der Waals surface area contributed by atoms with Gasteiger partial charge in [0.25, 0.3) is 11.8 Å². The second kappa shape index (κ2) is 8.49. The fourth-order valence-electron chi connectivity index (χ4n) is 3.25. The molecule has 9 heteroatoms. The van der Waals surface area contributed by atoms with Crippen LogP contribution in [-0.2, 0) is 17.6 Å². The summed E-state index contributed by atoms with van der Waals surface area (Å²) in [5, 5.41) is 4.19. The topological polar surface area (TPSA) is 81.4 Å². The Morgan fingerprint density at radius 1 is 1.07 bits per heavy atom. The summed E-state index contributed by atoms with van der Waals surface area (Å²) in [5.74, 6) is -0.761. The molecule has 0 fully saturated rings. The van der Waals surface area contributed by atoms with Crippen molar-refractivity contribution in [1.29, 1.82) is 0 Å². The lowest BCUT2D eigenvalue weighted by Gasteiger charge is -2.15. The van der Waals surface area contributed by atoms with Crippen molar-refractivity contribution in [2.75, 3.05) is 11.9 Å². The Balaban J connectivity index is 1.78. The smallest absolute Gasteiger partial charge is 0.262 e. The maximum atomic E-state index is 12.4. The van der Waals surface area contributed by atoms with Crippen LogP contribution in [0.1, 0.15) is 44.8 Å². The molecule has 2 amide bonds. The number of carbonyl (C=O) groups excluding carboxylic acids is 2. The molecule has 0 saturated carbocycles. The van der Waals surface area contributed by atoms with E-state index >= 15 is 0 Å². The molecule has 3 rings (SSSR count). The zero-order valence-electron chi connectivity index (χ0n) is 15.4. The van der Waals surface area contributed by atoms with Gasteiger partial charge in [-0.25, -0.2) is 0 Å². The normalized spacial score (nSPS) is 13.2. The molecule has 0 bridgehead atoms. The molecule has 1 aliphatic carbocycles. The number of ether oxygens (including phenoxy) is 1. The lowest BCUT2D eigenvalue weighted by molar-refractivity contribution is -0.118. The van der Waals surface area contributed by atoms with Gasteiger partial charge in [-0.15, -0.1) is 11.3 Å². The maximum absolute atomic E-state index is 12.4. The summed E-state index contributed by atoms with van der Waals surface area (Å²) in [4.78, 5) is 25.5. The van der Waals surface area contributed by atoms with Crippen molar-refractivity contribution in [2.24, 2.45) is 5.73 Å². The van der Waals surface area contributed by atoms with Crippen LogP contribution in [0, 0.1) is 13.8 Å². The fourth-order valence-corrected chi connectivity index (χ4v) is 5.38. The highest BCUT2D eigenvalue weighted by atomic mass is 35.5. The Kier molecular flexibility index (Phi) is 6.44. The summed E-state index contributed by atoms with van der Waals surface area (Å²) in [6, 6.07) is 0. The predicted octanol–water partition coefficient (Wildman–Crippen LogP) is 5.32. The first-order valence-electron chi connectivity index (χ1n) is 8.73. The summed E-state index contributed by atoms with van der Waals surface area (Å²) >= 11 is 20.1. The summed E-state index contributed by atoms with van der Waals surface area (Å²) in [5.41, 5.74) is 8.16. The third kappa shape index (κ3) is 3.96. The molecule has 0 radical (unpaired) electrons. The maximum Gasteiger partial charge on any atom is 0.262 e. The van der Waals surface area contributed by atoms with Gasteiger partial charge in [-0.05, 0) is 56.2 Å². The van der Waals surface area contributed by atoms with Crippen LogP contribution < -0.4 is 15.8 Å². The number of benzene rings is 1. The highest BCUT2D eigenvalue weighted by Crippen LogP contribution is 2.43. The fraction of sp³-hybridized carbons (Fsp3) is 0.368. The minimum Gasteiger partial charge on any atom is -0.481 e. The van der Waals surface area contributed by atoms with Crippen molar-refractivity contribution in [1.82, 2.24) is 0 Å². The van der Waals surface area contributed by atoms with Crippen LogP contribution in [0.5, 0.6) is 5.75 Å². The molecule has 2 aromatic rings. The minimum absolute atomic E-state index is 0.207. The summed E-state index contributed by atoms with van der Waals surface area (Å²) in [6.45, 7) is 3.17. The van der Waals surface area contributed by atoms with E-state index in [1.165, 1.54) is 11.3 Å². The van der Waals surface area contributed by atoms with Gasteiger partial charge < -0.3 is 15.8 Å². The molecule has 28 heavy (non-hydrogen) atoms. The number of fused-ring (bicyclic) bond motifs is 1. The Labute approximate surface area is 182 Å². The summed E-state index contributed by atoms with van der Waals surface area (Å²) < 4.78 is 5.57. The summed E-state index contributed by atoms with van der Waals surface area (Å²) in [6.07, 6.45) is 3.76. The van der Waals surface area contributed by atoms with Crippen molar-refractivity contribution < 1.29 is 14.3 Å². The monoisotopic (exact) mass is 460 g/mol. The SMILES string of the molecule is Cc1c(Cl)c(C)c(Cl)c(OCC(=O)Nc2sc3c(c2C(N)=O)CCCC3)c1Cl. The van der Waals surface area contributed by atoms with Gasteiger partial charge in [0, 0.05) is 9.90 Å². The van der Waals surface area contributed by atoms with Gasteiger partial charge in [-0.3, -0.25) is 9.59 Å². The van der Waals surface area contributed by atoms with Crippen LogP contribution in [0.2, 0.25) is 15.1 Å². The number of carbonyl (C=O) groups is 2. The van der Waals surface area contributed by atoms with Gasteiger partial charge in [0.15, 0.2) is 12.4 Å². The van der Waals surface area contributed by atoms with Gasteiger partial charge >= 0.3 is 0 Å². The minimum atomic E-state index is -0.536. The third-order valence-electron chi connectivity index (χ3n) is 4.73. The molecule has 0 saturated heterocycles. The van der Waals surface area contributed by atoms with E-state index in [9.17, 15) is 9.59 Å². The Morgan fingerprint density at radius 3 is 2.29 bits per heavy atom. The average Bonchev–Trinajstić information content (AvgIpc) is 3.02. The van der Waals surface area contributed by atoms with E-state index in [4.69, 9.17) is 45.3 Å². The third-order valence-corrected chi connectivity index (χ3v) is 7.42. The number of hydrogen-bond acceptors (Lipinski definition) is 4. The second-order valence-electron chi connectivity index (χ2n) is 6.64. The van der Waals surface area contributed by atoms with Crippen LogP contribution in [0.4, 0.5) is 5.00 Å². The molecular weight excluding hydrogens is 443 g/mol. The number of thiophene rings is 1. The zero-order valence-corrected chi connectivity index (χ0v) is 18.5. The second-order valence-corrected chi connectivity index (χ2v) is 8.88. The van der Waals surface area contributed by atoms with Gasteiger partial charge in [0.1, 0.15) is 5.00 Å². The molecule has 1 heterocycles. The number of hydrogen-bond donors (Lipinski definition) is 2. The van der Waals surface area contributed by atoms with E-state index in [1.807, 2.05) is 0 Å².